The number of amides is 1. The minimum absolute atomic E-state index is 0.139. The van der Waals surface area contributed by atoms with Crippen LogP contribution < -0.4 is 5.32 Å². The van der Waals surface area contributed by atoms with Crippen LogP contribution >= 0.6 is 0 Å². The average molecular weight is 456 g/mol. The van der Waals surface area contributed by atoms with E-state index in [9.17, 15) is 9.59 Å². The molecule has 0 aliphatic heterocycles. The van der Waals surface area contributed by atoms with E-state index in [-0.39, 0.29) is 11.9 Å². The molecule has 6 nitrogen and oxygen atoms in total. The minimum Gasteiger partial charge on any atom is -0.463 e. The number of ether oxygens (including phenoxy) is 3. The van der Waals surface area contributed by atoms with Gasteiger partial charge < -0.3 is 19.5 Å². The molecule has 0 spiro atoms. The molecule has 0 aliphatic rings. The molecule has 1 amide bonds. The third-order valence-electron chi connectivity index (χ3n) is 5.01. The summed E-state index contributed by atoms with van der Waals surface area (Å²) < 4.78 is 15.8. The Kier molecular flexibility index (Phi) is 24.7. The van der Waals surface area contributed by atoms with Gasteiger partial charge in [-0.05, 0) is 51.4 Å². The van der Waals surface area contributed by atoms with Crippen LogP contribution in [-0.4, -0.2) is 51.5 Å². The third-order valence-corrected chi connectivity index (χ3v) is 5.01. The second-order valence-electron chi connectivity index (χ2n) is 8.17. The van der Waals surface area contributed by atoms with Gasteiger partial charge >= 0.3 is 5.97 Å². The van der Waals surface area contributed by atoms with Gasteiger partial charge in [0, 0.05) is 26.0 Å². The summed E-state index contributed by atoms with van der Waals surface area (Å²) in [6.45, 7) is 7.68. The summed E-state index contributed by atoms with van der Waals surface area (Å²) >= 11 is 0. The Labute approximate surface area is 196 Å². The predicted molar refractivity (Wildman–Crippen MR) is 131 cm³/mol. The Balaban J connectivity index is 3.29. The van der Waals surface area contributed by atoms with E-state index >= 15 is 0 Å². The molecular formula is C26H49NO5. The standard InChI is InChI=1S/C26H49NO5/c1-3-5-6-14-17-25(28)27-19-16-13-11-9-7-8-10-12-15-18-26(29)32-24-23-31-22-21-30-20-4-2/h7,9H,3-6,8,10-24H2,1-2H3,(H,27,28)/b9-7+. The highest BCUT2D eigenvalue weighted by molar-refractivity contribution is 5.75. The fraction of sp³-hybridized carbons (Fsp3) is 0.846. The zero-order valence-electron chi connectivity index (χ0n) is 20.8. The van der Waals surface area contributed by atoms with Crippen LogP contribution in [0, 0.1) is 0 Å². The number of nitrogens with one attached hydrogen (secondary N) is 1. The lowest BCUT2D eigenvalue weighted by atomic mass is 10.1. The highest BCUT2D eigenvalue weighted by Gasteiger charge is 2.02. The second kappa shape index (κ2) is 25.9. The topological polar surface area (TPSA) is 73.9 Å². The van der Waals surface area contributed by atoms with E-state index in [0.29, 0.717) is 39.3 Å². The van der Waals surface area contributed by atoms with Gasteiger partial charge in [-0.3, -0.25) is 9.59 Å². The lowest BCUT2D eigenvalue weighted by Gasteiger charge is -2.06. The fourth-order valence-electron chi connectivity index (χ4n) is 3.11. The van der Waals surface area contributed by atoms with Crippen molar-refractivity contribution in [2.24, 2.45) is 0 Å². The van der Waals surface area contributed by atoms with Gasteiger partial charge in [0.1, 0.15) is 6.61 Å². The van der Waals surface area contributed by atoms with Crippen LogP contribution in [0.5, 0.6) is 0 Å². The Hall–Kier alpha value is -1.40. The number of carbonyl (C=O) groups is 2. The minimum atomic E-state index is -0.139. The first-order valence-corrected chi connectivity index (χ1v) is 12.9. The molecule has 1 N–H and O–H groups in total. The van der Waals surface area contributed by atoms with Crippen molar-refractivity contribution in [3.8, 4) is 0 Å². The fourth-order valence-corrected chi connectivity index (χ4v) is 3.11. The highest BCUT2D eigenvalue weighted by atomic mass is 16.6. The zero-order valence-corrected chi connectivity index (χ0v) is 20.8. The molecule has 188 valence electrons. The summed E-state index contributed by atoms with van der Waals surface area (Å²) in [7, 11) is 0. The zero-order chi connectivity index (χ0) is 23.5. The van der Waals surface area contributed by atoms with E-state index < -0.39 is 0 Å². The summed E-state index contributed by atoms with van der Waals surface area (Å²) in [5.74, 6) is 0.0567. The first-order valence-electron chi connectivity index (χ1n) is 12.9. The Bertz CT molecular complexity index is 453. The summed E-state index contributed by atoms with van der Waals surface area (Å²) in [5, 5.41) is 3.01. The largest absolute Gasteiger partial charge is 0.463 e. The lowest BCUT2D eigenvalue weighted by molar-refractivity contribution is -0.145. The van der Waals surface area contributed by atoms with Gasteiger partial charge in [-0.15, -0.1) is 0 Å². The van der Waals surface area contributed by atoms with Crippen LogP contribution in [0.1, 0.15) is 104 Å². The number of rotatable bonds is 24. The van der Waals surface area contributed by atoms with Crippen molar-refractivity contribution in [1.82, 2.24) is 5.32 Å². The smallest absolute Gasteiger partial charge is 0.305 e. The molecule has 0 radical (unpaired) electrons. The van der Waals surface area contributed by atoms with Gasteiger partial charge in [-0.2, -0.15) is 0 Å². The number of unbranched alkanes of at least 4 members (excludes halogenated alkanes) is 8. The molecule has 0 rings (SSSR count). The van der Waals surface area contributed by atoms with E-state index in [4.69, 9.17) is 14.2 Å². The van der Waals surface area contributed by atoms with Gasteiger partial charge in [-0.25, -0.2) is 0 Å². The van der Waals surface area contributed by atoms with E-state index in [1.54, 1.807) is 0 Å². The maximum absolute atomic E-state index is 11.7. The Morgan fingerprint density at radius 3 is 2.00 bits per heavy atom. The second-order valence-corrected chi connectivity index (χ2v) is 8.17. The number of esters is 1. The van der Waals surface area contributed by atoms with E-state index in [1.807, 2.05) is 0 Å². The normalized spacial score (nSPS) is 11.2. The molecule has 0 bridgehead atoms. The average Bonchev–Trinajstić information content (AvgIpc) is 2.79. The van der Waals surface area contributed by atoms with Crippen LogP contribution in [0.25, 0.3) is 0 Å². The monoisotopic (exact) mass is 455 g/mol. The summed E-state index contributed by atoms with van der Waals surface area (Å²) in [6, 6.07) is 0. The van der Waals surface area contributed by atoms with Crippen LogP contribution in [0.4, 0.5) is 0 Å². The van der Waals surface area contributed by atoms with Crippen LogP contribution in [0.2, 0.25) is 0 Å². The Morgan fingerprint density at radius 2 is 1.28 bits per heavy atom. The summed E-state index contributed by atoms with van der Waals surface area (Å²) in [6.07, 6.45) is 18.5. The van der Waals surface area contributed by atoms with E-state index in [1.165, 1.54) is 12.8 Å². The van der Waals surface area contributed by atoms with Gasteiger partial charge in [0.25, 0.3) is 0 Å². The van der Waals surface area contributed by atoms with Crippen LogP contribution in [-0.2, 0) is 23.8 Å². The molecule has 0 aromatic carbocycles. The number of hydrogen-bond donors (Lipinski definition) is 1. The van der Waals surface area contributed by atoms with Crippen molar-refractivity contribution >= 4 is 11.9 Å². The molecule has 0 unspecified atom stereocenters. The number of allylic oxidation sites excluding steroid dienone is 2. The molecule has 0 fully saturated rings. The van der Waals surface area contributed by atoms with Crippen molar-refractivity contribution in [2.75, 3.05) is 39.6 Å². The molecule has 0 aliphatic carbocycles. The van der Waals surface area contributed by atoms with Crippen LogP contribution in [0.15, 0.2) is 12.2 Å². The molecule has 32 heavy (non-hydrogen) atoms. The van der Waals surface area contributed by atoms with Gasteiger partial charge in [0.05, 0.1) is 19.8 Å². The summed E-state index contributed by atoms with van der Waals surface area (Å²) in [5.41, 5.74) is 0. The van der Waals surface area contributed by atoms with Crippen molar-refractivity contribution in [2.45, 2.75) is 104 Å². The van der Waals surface area contributed by atoms with Crippen molar-refractivity contribution in [1.29, 1.82) is 0 Å². The van der Waals surface area contributed by atoms with Crippen LogP contribution in [0.3, 0.4) is 0 Å². The van der Waals surface area contributed by atoms with Crippen molar-refractivity contribution in [3.05, 3.63) is 12.2 Å². The quantitative estimate of drug-likeness (QED) is 0.114. The molecule has 0 saturated heterocycles. The maximum Gasteiger partial charge on any atom is 0.305 e. The molecule has 6 heteroatoms. The molecule has 0 heterocycles. The summed E-state index contributed by atoms with van der Waals surface area (Å²) in [4.78, 5) is 23.3. The van der Waals surface area contributed by atoms with Gasteiger partial charge in [0.2, 0.25) is 5.91 Å². The maximum atomic E-state index is 11.7. The van der Waals surface area contributed by atoms with E-state index in [2.05, 4.69) is 31.3 Å². The highest BCUT2D eigenvalue weighted by Crippen LogP contribution is 2.06. The predicted octanol–water partition coefficient (Wildman–Crippen LogP) is 5.74. The van der Waals surface area contributed by atoms with Gasteiger partial charge in [0.15, 0.2) is 0 Å². The third kappa shape index (κ3) is 24.9. The molecule has 0 atom stereocenters. The molecule has 0 aromatic rings. The number of hydrogen-bond acceptors (Lipinski definition) is 5. The van der Waals surface area contributed by atoms with Gasteiger partial charge in [-0.1, -0.05) is 51.7 Å². The Morgan fingerprint density at radius 1 is 0.656 bits per heavy atom. The van der Waals surface area contributed by atoms with Crippen molar-refractivity contribution in [3.63, 3.8) is 0 Å². The molecule has 0 saturated carbocycles. The first-order chi connectivity index (χ1) is 15.7. The SMILES string of the molecule is CCCCCCC(=O)NCCCC/C=C/CCCCCC(=O)OCCOCCOCCC. The molecule has 0 aromatic heterocycles. The molecular weight excluding hydrogens is 406 g/mol. The lowest BCUT2D eigenvalue weighted by Crippen LogP contribution is -2.23. The number of carbonyl (C=O) groups excluding carboxylic acids is 2. The first kappa shape index (κ1) is 30.6. The van der Waals surface area contributed by atoms with Crippen molar-refractivity contribution < 1.29 is 23.8 Å². The van der Waals surface area contributed by atoms with E-state index in [0.717, 1.165) is 77.4 Å².